The summed E-state index contributed by atoms with van der Waals surface area (Å²) in [5.41, 5.74) is 0.462. The first kappa shape index (κ1) is 14.4. The molecule has 0 saturated carbocycles. The van der Waals surface area contributed by atoms with Crippen LogP contribution in [-0.2, 0) is 19.1 Å². The fourth-order valence-electron chi connectivity index (χ4n) is 1.12. The Morgan fingerprint density at radius 2 is 1.74 bits per heavy atom. The second-order valence-corrected chi connectivity index (χ2v) is 3.34. The molecule has 0 aliphatic rings. The number of benzene rings is 1. The number of carbonyl (C=O) groups is 3. The third kappa shape index (κ3) is 5.49. The van der Waals surface area contributed by atoms with Crippen molar-refractivity contribution in [3.8, 4) is 0 Å². The van der Waals surface area contributed by atoms with Crippen LogP contribution < -0.4 is 5.32 Å². The van der Waals surface area contributed by atoms with E-state index in [0.29, 0.717) is 5.56 Å². The van der Waals surface area contributed by atoms with Crippen molar-refractivity contribution in [2.75, 3.05) is 13.8 Å². The normalized spacial score (nSPS) is 9.95. The zero-order valence-corrected chi connectivity index (χ0v) is 10.3. The standard InChI is InChI=1S/C13H13NO5/c1-18-11(15)7-8-12(16)19-9-14-13(17)10-5-3-2-4-6-10/h2-8H,9H2,1H3,(H,14,17)/b8-7+. The van der Waals surface area contributed by atoms with Crippen LogP contribution in [0, 0.1) is 0 Å². The van der Waals surface area contributed by atoms with E-state index in [-0.39, 0.29) is 12.6 Å². The first-order valence-corrected chi connectivity index (χ1v) is 5.39. The van der Waals surface area contributed by atoms with Crippen molar-refractivity contribution in [3.05, 3.63) is 48.0 Å². The monoisotopic (exact) mass is 263 g/mol. The first-order chi connectivity index (χ1) is 9.13. The third-order valence-corrected chi connectivity index (χ3v) is 2.04. The summed E-state index contributed by atoms with van der Waals surface area (Å²) in [5, 5.41) is 2.40. The molecule has 0 bridgehead atoms. The zero-order valence-electron chi connectivity index (χ0n) is 10.3. The molecule has 0 spiro atoms. The van der Waals surface area contributed by atoms with Gasteiger partial charge in [0, 0.05) is 17.7 Å². The Hall–Kier alpha value is -2.63. The Morgan fingerprint density at radius 1 is 1.11 bits per heavy atom. The Bertz CT molecular complexity index is 481. The van der Waals surface area contributed by atoms with Crippen molar-refractivity contribution in [1.29, 1.82) is 0 Å². The van der Waals surface area contributed by atoms with E-state index in [4.69, 9.17) is 0 Å². The van der Waals surface area contributed by atoms with E-state index >= 15 is 0 Å². The van der Waals surface area contributed by atoms with Crippen LogP contribution in [0.15, 0.2) is 42.5 Å². The van der Waals surface area contributed by atoms with Gasteiger partial charge >= 0.3 is 11.9 Å². The predicted molar refractivity (Wildman–Crippen MR) is 66.0 cm³/mol. The summed E-state index contributed by atoms with van der Waals surface area (Å²) in [6.45, 7) is -0.280. The van der Waals surface area contributed by atoms with Gasteiger partial charge in [-0.15, -0.1) is 0 Å². The van der Waals surface area contributed by atoms with Crippen LogP contribution in [-0.4, -0.2) is 31.7 Å². The summed E-state index contributed by atoms with van der Waals surface area (Å²) >= 11 is 0. The van der Waals surface area contributed by atoms with Gasteiger partial charge in [-0.3, -0.25) is 4.79 Å². The number of amides is 1. The topological polar surface area (TPSA) is 81.7 Å². The minimum absolute atomic E-state index is 0.280. The maximum Gasteiger partial charge on any atom is 0.332 e. The van der Waals surface area contributed by atoms with Gasteiger partial charge in [0.2, 0.25) is 0 Å². The molecule has 1 amide bonds. The molecule has 100 valence electrons. The lowest BCUT2D eigenvalue weighted by Gasteiger charge is -2.04. The van der Waals surface area contributed by atoms with Gasteiger partial charge in [0.15, 0.2) is 6.73 Å². The van der Waals surface area contributed by atoms with E-state index < -0.39 is 11.9 Å². The van der Waals surface area contributed by atoms with E-state index in [1.165, 1.54) is 7.11 Å². The summed E-state index contributed by atoms with van der Waals surface area (Å²) in [7, 11) is 1.19. The minimum atomic E-state index is -0.751. The molecule has 1 aromatic carbocycles. The zero-order chi connectivity index (χ0) is 14.1. The van der Waals surface area contributed by atoms with Crippen LogP contribution in [0.2, 0.25) is 0 Å². The van der Waals surface area contributed by atoms with Gasteiger partial charge in [-0.2, -0.15) is 0 Å². The van der Waals surface area contributed by atoms with E-state index in [2.05, 4.69) is 14.8 Å². The molecule has 0 saturated heterocycles. The number of rotatable bonds is 5. The van der Waals surface area contributed by atoms with Gasteiger partial charge in [0.05, 0.1) is 7.11 Å². The molecule has 0 aliphatic heterocycles. The van der Waals surface area contributed by atoms with Gasteiger partial charge in [0.25, 0.3) is 5.91 Å². The maximum atomic E-state index is 11.5. The van der Waals surface area contributed by atoms with Gasteiger partial charge < -0.3 is 14.8 Å². The first-order valence-electron chi connectivity index (χ1n) is 5.39. The van der Waals surface area contributed by atoms with Crippen LogP contribution in [0.1, 0.15) is 10.4 Å². The molecule has 1 aromatic rings. The number of nitrogens with one attached hydrogen (secondary N) is 1. The van der Waals surface area contributed by atoms with Crippen molar-refractivity contribution in [2.45, 2.75) is 0 Å². The lowest BCUT2D eigenvalue weighted by molar-refractivity contribution is -0.139. The molecular weight excluding hydrogens is 250 g/mol. The maximum absolute atomic E-state index is 11.5. The third-order valence-electron chi connectivity index (χ3n) is 2.04. The van der Waals surface area contributed by atoms with Gasteiger partial charge in [-0.1, -0.05) is 18.2 Å². The number of hydrogen-bond acceptors (Lipinski definition) is 5. The van der Waals surface area contributed by atoms with Gasteiger partial charge in [-0.05, 0) is 12.1 Å². The molecule has 6 nitrogen and oxygen atoms in total. The number of esters is 2. The van der Waals surface area contributed by atoms with Crippen molar-refractivity contribution in [3.63, 3.8) is 0 Å². The quantitative estimate of drug-likeness (QED) is 0.479. The summed E-state index contributed by atoms with van der Waals surface area (Å²) < 4.78 is 8.96. The molecule has 19 heavy (non-hydrogen) atoms. The fraction of sp³-hybridized carbons (Fsp3) is 0.154. The smallest absolute Gasteiger partial charge is 0.332 e. The van der Waals surface area contributed by atoms with Crippen LogP contribution in [0.5, 0.6) is 0 Å². The van der Waals surface area contributed by atoms with Crippen molar-refractivity contribution in [2.24, 2.45) is 0 Å². The lowest BCUT2D eigenvalue weighted by atomic mass is 10.2. The fourth-order valence-corrected chi connectivity index (χ4v) is 1.12. The van der Waals surface area contributed by atoms with Gasteiger partial charge in [-0.25, -0.2) is 9.59 Å². The van der Waals surface area contributed by atoms with E-state index in [1.807, 2.05) is 0 Å². The molecule has 0 aliphatic carbocycles. The van der Waals surface area contributed by atoms with Crippen molar-refractivity contribution >= 4 is 17.8 Å². The molecule has 0 heterocycles. The molecule has 0 aromatic heterocycles. The summed E-state index contributed by atoms with van der Waals surface area (Å²) in [6, 6.07) is 8.50. The molecule has 0 atom stereocenters. The highest BCUT2D eigenvalue weighted by atomic mass is 16.5. The molecule has 0 unspecified atom stereocenters. The van der Waals surface area contributed by atoms with E-state index in [9.17, 15) is 14.4 Å². The number of hydrogen-bond donors (Lipinski definition) is 1. The molecule has 1 N–H and O–H groups in total. The highest BCUT2D eigenvalue weighted by molar-refractivity contribution is 5.94. The van der Waals surface area contributed by atoms with Crippen molar-refractivity contribution < 1.29 is 23.9 Å². The van der Waals surface area contributed by atoms with Crippen LogP contribution in [0.25, 0.3) is 0 Å². The Morgan fingerprint density at radius 3 is 2.37 bits per heavy atom. The van der Waals surface area contributed by atoms with Gasteiger partial charge in [0.1, 0.15) is 0 Å². The number of ether oxygens (including phenoxy) is 2. The Balaban J connectivity index is 2.31. The molecule has 1 rings (SSSR count). The number of carbonyl (C=O) groups excluding carboxylic acids is 3. The SMILES string of the molecule is COC(=O)/C=C/C(=O)OCNC(=O)c1ccccc1. The highest BCUT2D eigenvalue weighted by Gasteiger charge is 2.04. The second kappa shape index (κ2) is 7.65. The van der Waals surface area contributed by atoms with E-state index in [1.54, 1.807) is 30.3 Å². The Kier molecular flexibility index (Phi) is 5.81. The average molecular weight is 263 g/mol. The minimum Gasteiger partial charge on any atom is -0.466 e. The number of methoxy groups -OCH3 is 1. The molecule has 0 fully saturated rings. The van der Waals surface area contributed by atoms with Crippen LogP contribution in [0.3, 0.4) is 0 Å². The largest absolute Gasteiger partial charge is 0.466 e. The molecule has 0 radical (unpaired) electrons. The van der Waals surface area contributed by atoms with E-state index in [0.717, 1.165) is 12.2 Å². The summed E-state index contributed by atoms with van der Waals surface area (Å²) in [6.07, 6.45) is 1.85. The van der Waals surface area contributed by atoms with Crippen LogP contribution >= 0.6 is 0 Å². The van der Waals surface area contributed by atoms with Crippen molar-refractivity contribution in [1.82, 2.24) is 5.32 Å². The summed E-state index contributed by atoms with van der Waals surface area (Å²) in [4.78, 5) is 33.4. The summed E-state index contributed by atoms with van der Waals surface area (Å²) in [5.74, 6) is -1.77. The Labute approximate surface area is 110 Å². The lowest BCUT2D eigenvalue weighted by Crippen LogP contribution is -2.27. The molecular formula is C13H13NO5. The average Bonchev–Trinajstić information content (AvgIpc) is 2.45. The highest BCUT2D eigenvalue weighted by Crippen LogP contribution is 1.97. The second-order valence-electron chi connectivity index (χ2n) is 3.34. The van der Waals surface area contributed by atoms with Crippen LogP contribution in [0.4, 0.5) is 0 Å². The predicted octanol–water partition coefficient (Wildman–Crippen LogP) is 0.646. The molecule has 6 heteroatoms.